The van der Waals surface area contributed by atoms with Crippen LogP contribution in [0.2, 0.25) is 0 Å². The fourth-order valence-electron chi connectivity index (χ4n) is 1.94. The van der Waals surface area contributed by atoms with Gasteiger partial charge in [-0.2, -0.15) is 13.2 Å². The van der Waals surface area contributed by atoms with Crippen LogP contribution in [-0.4, -0.2) is 23.4 Å². The van der Waals surface area contributed by atoms with Crippen LogP contribution in [0.3, 0.4) is 0 Å². The summed E-state index contributed by atoms with van der Waals surface area (Å²) in [5, 5.41) is 8.84. The molecule has 2 rings (SSSR count). The number of hydrogen-bond acceptors (Lipinski definition) is 2. The van der Waals surface area contributed by atoms with E-state index in [1.54, 1.807) is 0 Å². The number of halogens is 5. The molecule has 19 heavy (non-hydrogen) atoms. The molecular formula is C11H7BrF4O3. The number of carbonyl (C=O) groups is 1. The van der Waals surface area contributed by atoms with Gasteiger partial charge in [-0.15, -0.1) is 0 Å². The molecule has 104 valence electrons. The second-order valence-electron chi connectivity index (χ2n) is 4.07. The minimum absolute atomic E-state index is 0.155. The number of carboxylic acids is 1. The molecule has 0 amide bonds. The van der Waals surface area contributed by atoms with Gasteiger partial charge in [0.05, 0.1) is 4.47 Å². The molecule has 0 aromatic heterocycles. The minimum atomic E-state index is -4.84. The highest BCUT2D eigenvalue weighted by atomic mass is 79.9. The normalized spacial score (nSPS) is 22.6. The van der Waals surface area contributed by atoms with E-state index in [-0.39, 0.29) is 15.8 Å². The van der Waals surface area contributed by atoms with Gasteiger partial charge >= 0.3 is 12.1 Å². The fourth-order valence-corrected chi connectivity index (χ4v) is 2.41. The van der Waals surface area contributed by atoms with Crippen molar-refractivity contribution in [2.45, 2.75) is 18.7 Å². The van der Waals surface area contributed by atoms with Crippen LogP contribution in [0.5, 0.6) is 5.75 Å². The summed E-state index contributed by atoms with van der Waals surface area (Å²) < 4.78 is 56.7. The van der Waals surface area contributed by atoms with Gasteiger partial charge in [0.25, 0.3) is 0 Å². The lowest BCUT2D eigenvalue weighted by molar-refractivity contribution is -0.217. The number of alkyl halides is 3. The number of carboxylic acid groups (broad SMARTS) is 1. The molecule has 0 bridgehead atoms. The summed E-state index contributed by atoms with van der Waals surface area (Å²) in [6.45, 7) is 0. The third-order valence-corrected chi connectivity index (χ3v) is 3.45. The second-order valence-corrected chi connectivity index (χ2v) is 4.92. The van der Waals surface area contributed by atoms with Crippen molar-refractivity contribution < 1.29 is 32.2 Å². The number of aliphatic carboxylic acids is 1. The van der Waals surface area contributed by atoms with Gasteiger partial charge in [-0.25, -0.2) is 4.39 Å². The van der Waals surface area contributed by atoms with E-state index in [9.17, 15) is 22.4 Å². The van der Waals surface area contributed by atoms with E-state index < -0.39 is 36.4 Å². The molecule has 1 aliphatic heterocycles. The molecule has 0 saturated carbocycles. The first-order valence-corrected chi connectivity index (χ1v) is 5.94. The highest BCUT2D eigenvalue weighted by Gasteiger charge is 2.52. The number of hydrogen-bond donors (Lipinski definition) is 1. The van der Waals surface area contributed by atoms with Crippen molar-refractivity contribution in [3.63, 3.8) is 0 Å². The van der Waals surface area contributed by atoms with Crippen molar-refractivity contribution in [2.75, 3.05) is 0 Å². The van der Waals surface area contributed by atoms with Crippen LogP contribution in [0, 0.1) is 11.7 Å². The third-order valence-electron chi connectivity index (χ3n) is 2.83. The summed E-state index contributed by atoms with van der Waals surface area (Å²) >= 11 is 2.96. The average molecular weight is 343 g/mol. The van der Waals surface area contributed by atoms with Gasteiger partial charge in [-0.1, -0.05) is 0 Å². The third kappa shape index (κ3) is 2.54. The molecule has 0 fully saturated rings. The number of fused-ring (bicyclic) bond motifs is 1. The van der Waals surface area contributed by atoms with Crippen LogP contribution in [0.4, 0.5) is 17.6 Å². The topological polar surface area (TPSA) is 46.5 Å². The molecule has 1 N–H and O–H groups in total. The number of ether oxygens (including phenoxy) is 1. The molecule has 1 aromatic carbocycles. The first-order valence-electron chi connectivity index (χ1n) is 5.15. The summed E-state index contributed by atoms with van der Waals surface area (Å²) in [5.41, 5.74) is -0.165. The molecule has 0 spiro atoms. The smallest absolute Gasteiger partial charge is 0.426 e. The zero-order valence-electron chi connectivity index (χ0n) is 9.17. The Bertz CT molecular complexity index is 529. The van der Waals surface area contributed by atoms with Crippen molar-refractivity contribution in [3.05, 3.63) is 28.0 Å². The Kier molecular flexibility index (Phi) is 3.46. The number of benzene rings is 1. The quantitative estimate of drug-likeness (QED) is 0.797. The van der Waals surface area contributed by atoms with Gasteiger partial charge in [0.15, 0.2) is 0 Å². The van der Waals surface area contributed by atoms with Crippen LogP contribution in [0.15, 0.2) is 16.6 Å². The Morgan fingerprint density at radius 1 is 1.42 bits per heavy atom. The van der Waals surface area contributed by atoms with Gasteiger partial charge in [-0.05, 0) is 34.5 Å². The van der Waals surface area contributed by atoms with Crippen molar-refractivity contribution in [1.82, 2.24) is 0 Å². The molecule has 3 nitrogen and oxygen atoms in total. The van der Waals surface area contributed by atoms with Crippen molar-refractivity contribution in [1.29, 1.82) is 0 Å². The first kappa shape index (κ1) is 14.1. The van der Waals surface area contributed by atoms with E-state index in [2.05, 4.69) is 20.7 Å². The van der Waals surface area contributed by atoms with Crippen molar-refractivity contribution >= 4 is 21.9 Å². The summed E-state index contributed by atoms with van der Waals surface area (Å²) in [6.07, 6.45) is -7.90. The van der Waals surface area contributed by atoms with E-state index in [1.807, 2.05) is 0 Å². The van der Waals surface area contributed by atoms with Crippen LogP contribution >= 0.6 is 15.9 Å². The van der Waals surface area contributed by atoms with E-state index in [0.717, 1.165) is 6.07 Å². The van der Waals surface area contributed by atoms with Gasteiger partial charge in [0.2, 0.25) is 6.10 Å². The zero-order chi connectivity index (χ0) is 14.4. The zero-order valence-corrected chi connectivity index (χ0v) is 10.8. The first-order chi connectivity index (χ1) is 8.71. The minimum Gasteiger partial charge on any atom is -0.481 e. The largest absolute Gasteiger partial charge is 0.481 e. The highest BCUT2D eigenvalue weighted by Crippen LogP contribution is 2.42. The lowest BCUT2D eigenvalue weighted by atomic mass is 9.90. The predicted octanol–water partition coefficient (Wildman–Crippen LogP) is 3.15. The monoisotopic (exact) mass is 342 g/mol. The molecule has 1 aliphatic rings. The Morgan fingerprint density at radius 2 is 2.05 bits per heavy atom. The average Bonchev–Trinajstić information content (AvgIpc) is 2.31. The maximum Gasteiger partial charge on any atom is 0.426 e. The Labute approximate surface area is 113 Å². The molecule has 2 unspecified atom stereocenters. The maximum atomic E-state index is 13.5. The summed E-state index contributed by atoms with van der Waals surface area (Å²) in [7, 11) is 0. The van der Waals surface area contributed by atoms with Gasteiger partial charge < -0.3 is 9.84 Å². The maximum absolute atomic E-state index is 13.5. The Balaban J connectivity index is 2.51. The van der Waals surface area contributed by atoms with Gasteiger partial charge in [0, 0.05) is 5.56 Å². The van der Waals surface area contributed by atoms with E-state index in [1.165, 1.54) is 6.07 Å². The molecule has 0 aliphatic carbocycles. The van der Waals surface area contributed by atoms with Gasteiger partial charge in [0.1, 0.15) is 17.5 Å². The molecule has 8 heteroatoms. The highest BCUT2D eigenvalue weighted by molar-refractivity contribution is 9.10. The fraction of sp³-hybridized carbons (Fsp3) is 0.364. The Morgan fingerprint density at radius 3 is 2.58 bits per heavy atom. The van der Waals surface area contributed by atoms with E-state index in [0.29, 0.717) is 0 Å². The lowest BCUT2D eigenvalue weighted by Gasteiger charge is -2.33. The van der Waals surface area contributed by atoms with Crippen molar-refractivity contribution in [3.8, 4) is 5.75 Å². The van der Waals surface area contributed by atoms with Gasteiger partial charge in [-0.3, -0.25) is 4.79 Å². The standard InChI is InChI=1S/C11H7BrF4O3/c12-6-1-2-7(13)4-3-5(10(17)18)9(11(14,15)16)19-8(4)6/h1-2,5,9H,3H2,(H,17,18). The van der Waals surface area contributed by atoms with Crippen LogP contribution in [-0.2, 0) is 11.2 Å². The SMILES string of the molecule is O=C(O)C1Cc2c(F)ccc(Br)c2OC1C(F)(F)F. The second kappa shape index (κ2) is 4.66. The van der Waals surface area contributed by atoms with Crippen LogP contribution in [0.25, 0.3) is 0 Å². The molecule has 2 atom stereocenters. The van der Waals surface area contributed by atoms with Crippen LogP contribution < -0.4 is 4.74 Å². The van der Waals surface area contributed by atoms with E-state index in [4.69, 9.17) is 5.11 Å². The predicted molar refractivity (Wildman–Crippen MR) is 59.4 cm³/mol. The summed E-state index contributed by atoms with van der Waals surface area (Å²) in [4.78, 5) is 10.9. The van der Waals surface area contributed by atoms with Crippen LogP contribution in [0.1, 0.15) is 5.56 Å². The van der Waals surface area contributed by atoms with Crippen molar-refractivity contribution in [2.24, 2.45) is 5.92 Å². The summed E-state index contributed by atoms with van der Waals surface area (Å²) in [5.74, 6) is -4.62. The Hall–Kier alpha value is -1.31. The lowest BCUT2D eigenvalue weighted by Crippen LogP contribution is -2.48. The number of rotatable bonds is 1. The molecular weight excluding hydrogens is 336 g/mol. The molecule has 1 aromatic rings. The molecule has 0 saturated heterocycles. The summed E-state index contributed by atoms with van der Waals surface area (Å²) in [6, 6.07) is 2.25. The van der Waals surface area contributed by atoms with E-state index >= 15 is 0 Å². The molecule has 0 radical (unpaired) electrons. The molecule has 1 heterocycles.